The molecule has 2 amide bonds. The average Bonchev–Trinajstić information content (AvgIpc) is 2.78. The second-order valence-electron chi connectivity index (χ2n) is 8.46. The van der Waals surface area contributed by atoms with Gasteiger partial charge >= 0.3 is 0 Å². The number of nitrogens with one attached hydrogen (secondary N) is 1. The van der Waals surface area contributed by atoms with Crippen LogP contribution in [-0.4, -0.2) is 50.5 Å². The van der Waals surface area contributed by atoms with Crippen LogP contribution in [0.4, 0.5) is 5.69 Å². The van der Waals surface area contributed by atoms with Crippen molar-refractivity contribution in [2.24, 2.45) is 0 Å². The van der Waals surface area contributed by atoms with Gasteiger partial charge in [-0.25, -0.2) is 8.42 Å². The zero-order valence-corrected chi connectivity index (χ0v) is 20.9. The minimum absolute atomic E-state index is 0.0692. The molecule has 0 unspecified atom stereocenters. The van der Waals surface area contributed by atoms with Gasteiger partial charge in [-0.15, -0.1) is 0 Å². The van der Waals surface area contributed by atoms with Gasteiger partial charge in [-0.05, 0) is 36.5 Å². The molecule has 0 aliphatic heterocycles. The Balaban J connectivity index is 2.41. The van der Waals surface area contributed by atoms with Crippen molar-refractivity contribution in [3.63, 3.8) is 0 Å². The third-order valence-corrected chi connectivity index (χ3v) is 6.55. The maximum atomic E-state index is 13.5. The number of amides is 2. The smallest absolute Gasteiger partial charge is 0.244 e. The molecule has 0 saturated carbocycles. The lowest BCUT2D eigenvalue weighted by molar-refractivity contribution is -0.139. The standard InChI is InChI=1S/C25H35N3O4S/c1-6-16-26-25(30)20(4)27(17-21-12-8-7-9-13-21)24(29)18-28(33(5,31)32)23-15-11-10-14-22(23)19(2)3/h7-15,19-20H,6,16-18H2,1-5H3,(H,26,30)/t20-/m0/s1. The van der Waals surface area contributed by atoms with E-state index in [9.17, 15) is 18.0 Å². The van der Waals surface area contributed by atoms with Gasteiger partial charge in [0.2, 0.25) is 21.8 Å². The van der Waals surface area contributed by atoms with E-state index in [0.717, 1.165) is 28.1 Å². The third-order valence-electron chi connectivity index (χ3n) is 5.42. The lowest BCUT2D eigenvalue weighted by atomic mass is 10.0. The maximum absolute atomic E-state index is 13.5. The highest BCUT2D eigenvalue weighted by Gasteiger charge is 2.30. The highest BCUT2D eigenvalue weighted by atomic mass is 32.2. The first-order chi connectivity index (χ1) is 15.6. The summed E-state index contributed by atoms with van der Waals surface area (Å²) in [6.07, 6.45) is 1.87. The van der Waals surface area contributed by atoms with E-state index in [4.69, 9.17) is 0 Å². The Morgan fingerprint density at radius 3 is 2.15 bits per heavy atom. The van der Waals surface area contributed by atoms with Crippen molar-refractivity contribution in [3.8, 4) is 0 Å². The Morgan fingerprint density at radius 2 is 1.58 bits per heavy atom. The second kappa shape index (κ2) is 11.8. The molecule has 180 valence electrons. The van der Waals surface area contributed by atoms with Crippen LogP contribution in [-0.2, 0) is 26.2 Å². The molecule has 0 heterocycles. The summed E-state index contributed by atoms with van der Waals surface area (Å²) < 4.78 is 26.6. The van der Waals surface area contributed by atoms with Crippen molar-refractivity contribution in [1.82, 2.24) is 10.2 Å². The summed E-state index contributed by atoms with van der Waals surface area (Å²) in [5, 5.41) is 2.83. The zero-order chi connectivity index (χ0) is 24.6. The number of rotatable bonds is 11. The molecular weight excluding hydrogens is 438 g/mol. The normalized spacial score (nSPS) is 12.3. The summed E-state index contributed by atoms with van der Waals surface area (Å²) in [5.41, 5.74) is 2.17. The second-order valence-corrected chi connectivity index (χ2v) is 10.4. The van der Waals surface area contributed by atoms with Crippen LogP contribution in [0.15, 0.2) is 54.6 Å². The van der Waals surface area contributed by atoms with E-state index in [0.29, 0.717) is 12.2 Å². The van der Waals surface area contributed by atoms with Gasteiger partial charge in [0, 0.05) is 13.1 Å². The molecule has 0 fully saturated rings. The molecule has 1 N–H and O–H groups in total. The lowest BCUT2D eigenvalue weighted by Crippen LogP contribution is -2.51. The van der Waals surface area contributed by atoms with Crippen molar-refractivity contribution in [1.29, 1.82) is 0 Å². The number of para-hydroxylation sites is 1. The van der Waals surface area contributed by atoms with Gasteiger partial charge in [0.05, 0.1) is 11.9 Å². The maximum Gasteiger partial charge on any atom is 0.244 e. The van der Waals surface area contributed by atoms with E-state index < -0.39 is 22.0 Å². The Labute approximate surface area is 197 Å². The largest absolute Gasteiger partial charge is 0.354 e. The van der Waals surface area contributed by atoms with Crippen molar-refractivity contribution < 1.29 is 18.0 Å². The average molecular weight is 474 g/mol. The predicted molar refractivity (Wildman–Crippen MR) is 132 cm³/mol. The molecule has 2 rings (SSSR count). The number of hydrogen-bond acceptors (Lipinski definition) is 4. The first kappa shape index (κ1) is 26.4. The van der Waals surface area contributed by atoms with Crippen molar-refractivity contribution in [2.75, 3.05) is 23.7 Å². The summed E-state index contributed by atoms with van der Waals surface area (Å²) in [4.78, 5) is 27.7. The predicted octanol–water partition coefficient (Wildman–Crippen LogP) is 3.52. The number of carbonyl (C=O) groups excluding carboxylic acids is 2. The van der Waals surface area contributed by atoms with Gasteiger partial charge in [0.1, 0.15) is 12.6 Å². The fourth-order valence-electron chi connectivity index (χ4n) is 3.56. The van der Waals surface area contributed by atoms with Gasteiger partial charge in [0.25, 0.3) is 0 Å². The Bertz CT molecular complexity index is 1040. The SMILES string of the molecule is CCCNC(=O)[C@H](C)N(Cc1ccccc1)C(=O)CN(c1ccccc1C(C)C)S(C)(=O)=O. The molecular formula is C25H35N3O4S. The summed E-state index contributed by atoms with van der Waals surface area (Å²) in [5.74, 6) is -0.642. The fourth-order valence-corrected chi connectivity index (χ4v) is 4.42. The molecule has 0 bridgehead atoms. The number of anilines is 1. The van der Waals surface area contributed by atoms with Crippen molar-refractivity contribution in [3.05, 3.63) is 65.7 Å². The van der Waals surface area contributed by atoms with Crippen LogP contribution < -0.4 is 9.62 Å². The van der Waals surface area contributed by atoms with Gasteiger partial charge in [-0.3, -0.25) is 13.9 Å². The molecule has 0 spiro atoms. The quantitative estimate of drug-likeness (QED) is 0.541. The summed E-state index contributed by atoms with van der Waals surface area (Å²) in [6.45, 7) is 7.89. The number of carbonyl (C=O) groups is 2. The van der Waals surface area contributed by atoms with Crippen molar-refractivity contribution in [2.45, 2.75) is 52.6 Å². The first-order valence-electron chi connectivity index (χ1n) is 11.2. The number of hydrogen-bond donors (Lipinski definition) is 1. The minimum Gasteiger partial charge on any atom is -0.354 e. The first-order valence-corrected chi connectivity index (χ1v) is 13.1. The molecule has 0 saturated heterocycles. The van der Waals surface area contributed by atoms with Gasteiger partial charge in [0.15, 0.2) is 0 Å². The zero-order valence-electron chi connectivity index (χ0n) is 20.1. The van der Waals surface area contributed by atoms with Crippen LogP contribution in [0.25, 0.3) is 0 Å². The summed E-state index contributed by atoms with van der Waals surface area (Å²) >= 11 is 0. The molecule has 2 aromatic carbocycles. The van der Waals surface area contributed by atoms with E-state index >= 15 is 0 Å². The van der Waals surface area contributed by atoms with E-state index in [1.165, 1.54) is 4.90 Å². The Hall–Kier alpha value is -2.87. The van der Waals surface area contributed by atoms with Crippen LogP contribution in [0.5, 0.6) is 0 Å². The van der Waals surface area contributed by atoms with E-state index in [-0.39, 0.29) is 24.9 Å². The number of sulfonamides is 1. The van der Waals surface area contributed by atoms with Gasteiger partial charge in [-0.1, -0.05) is 69.3 Å². The van der Waals surface area contributed by atoms with Gasteiger partial charge in [-0.2, -0.15) is 0 Å². The molecule has 2 aromatic rings. The highest BCUT2D eigenvalue weighted by molar-refractivity contribution is 7.92. The Kier molecular flexibility index (Phi) is 9.46. The van der Waals surface area contributed by atoms with E-state index in [2.05, 4.69) is 5.32 Å². The van der Waals surface area contributed by atoms with Crippen LogP contribution in [0.1, 0.15) is 51.2 Å². The third kappa shape index (κ3) is 7.32. The minimum atomic E-state index is -3.75. The molecule has 0 aliphatic rings. The highest BCUT2D eigenvalue weighted by Crippen LogP contribution is 2.29. The topological polar surface area (TPSA) is 86.8 Å². The van der Waals surface area contributed by atoms with E-state index in [1.54, 1.807) is 19.1 Å². The van der Waals surface area contributed by atoms with Crippen LogP contribution in [0.2, 0.25) is 0 Å². The van der Waals surface area contributed by atoms with Gasteiger partial charge < -0.3 is 10.2 Å². The lowest BCUT2D eigenvalue weighted by Gasteiger charge is -2.32. The van der Waals surface area contributed by atoms with Crippen LogP contribution in [0.3, 0.4) is 0 Å². The summed E-state index contributed by atoms with van der Waals surface area (Å²) in [7, 11) is -3.75. The molecule has 1 atom stereocenters. The van der Waals surface area contributed by atoms with Crippen LogP contribution >= 0.6 is 0 Å². The van der Waals surface area contributed by atoms with Crippen LogP contribution in [0, 0.1) is 0 Å². The molecule has 0 aromatic heterocycles. The molecule has 0 aliphatic carbocycles. The fraction of sp³-hybridized carbons (Fsp3) is 0.440. The van der Waals surface area contributed by atoms with E-state index in [1.807, 2.05) is 63.2 Å². The monoisotopic (exact) mass is 473 g/mol. The summed E-state index contributed by atoms with van der Waals surface area (Å²) in [6, 6.07) is 15.8. The number of nitrogens with zero attached hydrogens (tertiary/aromatic N) is 2. The van der Waals surface area contributed by atoms with Crippen molar-refractivity contribution >= 4 is 27.5 Å². The molecule has 0 radical (unpaired) electrons. The number of benzene rings is 2. The molecule has 33 heavy (non-hydrogen) atoms. The Morgan fingerprint density at radius 1 is 0.970 bits per heavy atom. The molecule has 7 nitrogen and oxygen atoms in total. The molecule has 8 heteroatoms.